The van der Waals surface area contributed by atoms with E-state index in [9.17, 15) is 9.59 Å². The van der Waals surface area contributed by atoms with Gasteiger partial charge in [-0.2, -0.15) is 0 Å². The van der Waals surface area contributed by atoms with Gasteiger partial charge in [-0.15, -0.1) is 12.4 Å². The Bertz CT molecular complexity index is 646. The van der Waals surface area contributed by atoms with E-state index in [2.05, 4.69) is 10.2 Å². The van der Waals surface area contributed by atoms with E-state index < -0.39 is 0 Å². The first kappa shape index (κ1) is 17.2. The highest BCUT2D eigenvalue weighted by Gasteiger charge is 2.38. The third kappa shape index (κ3) is 3.14. The van der Waals surface area contributed by atoms with Crippen LogP contribution in [0.2, 0.25) is 0 Å². The van der Waals surface area contributed by atoms with Crippen molar-refractivity contribution >= 4 is 12.4 Å². The fourth-order valence-corrected chi connectivity index (χ4v) is 3.76. The number of rotatable bonds is 2. The summed E-state index contributed by atoms with van der Waals surface area (Å²) >= 11 is 0. The molecule has 1 aromatic heterocycles. The molecule has 2 aliphatic rings. The van der Waals surface area contributed by atoms with Crippen molar-refractivity contribution < 1.29 is 0 Å². The predicted molar refractivity (Wildman–Crippen MR) is 88.6 cm³/mol. The van der Waals surface area contributed by atoms with Crippen molar-refractivity contribution in [2.75, 3.05) is 26.2 Å². The van der Waals surface area contributed by atoms with E-state index in [1.165, 1.54) is 28.4 Å². The lowest BCUT2D eigenvalue weighted by molar-refractivity contribution is 0.193. The molecule has 1 spiro atoms. The molecule has 0 aliphatic carbocycles. The number of likely N-dealkylation sites (tertiary alicyclic amines) is 1. The van der Waals surface area contributed by atoms with Crippen LogP contribution in [0.25, 0.3) is 0 Å². The molecule has 2 fully saturated rings. The molecule has 0 amide bonds. The number of hydrogen-bond donors (Lipinski definition) is 1. The smallest absolute Gasteiger partial charge is 0.317 e. The van der Waals surface area contributed by atoms with Crippen molar-refractivity contribution in [3.63, 3.8) is 0 Å². The van der Waals surface area contributed by atoms with Crippen LogP contribution in [0.3, 0.4) is 0 Å². The zero-order valence-electron chi connectivity index (χ0n) is 13.3. The summed E-state index contributed by atoms with van der Waals surface area (Å²) in [6, 6.07) is 0. The van der Waals surface area contributed by atoms with E-state index in [1.807, 2.05) is 0 Å². The Morgan fingerprint density at radius 1 is 1.18 bits per heavy atom. The summed E-state index contributed by atoms with van der Waals surface area (Å²) in [5, 5.41) is 3.42. The molecule has 3 heterocycles. The van der Waals surface area contributed by atoms with Gasteiger partial charge in [0, 0.05) is 38.9 Å². The molecule has 3 rings (SSSR count). The van der Waals surface area contributed by atoms with E-state index in [0.29, 0.717) is 17.5 Å². The predicted octanol–water partition coefficient (Wildman–Crippen LogP) is 0.0813. The third-order valence-electron chi connectivity index (χ3n) is 5.09. The zero-order chi connectivity index (χ0) is 15.0. The number of piperidine rings is 1. The summed E-state index contributed by atoms with van der Waals surface area (Å²) in [6.07, 6.45) is 5.38. The number of nitrogens with one attached hydrogen (secondary N) is 1. The number of aromatic nitrogens is 2. The lowest BCUT2D eigenvalue weighted by atomic mass is 9.78. The number of halogens is 1. The monoisotopic (exact) mass is 328 g/mol. The Morgan fingerprint density at radius 2 is 1.86 bits per heavy atom. The fourth-order valence-electron chi connectivity index (χ4n) is 3.76. The molecule has 124 valence electrons. The van der Waals surface area contributed by atoms with Crippen LogP contribution in [0.4, 0.5) is 0 Å². The third-order valence-corrected chi connectivity index (χ3v) is 5.09. The van der Waals surface area contributed by atoms with E-state index in [1.54, 1.807) is 20.3 Å². The molecule has 1 aromatic rings. The highest BCUT2D eigenvalue weighted by atomic mass is 35.5. The van der Waals surface area contributed by atoms with Crippen LogP contribution in [-0.2, 0) is 20.6 Å². The molecular weight excluding hydrogens is 304 g/mol. The van der Waals surface area contributed by atoms with Gasteiger partial charge in [-0.05, 0) is 44.3 Å². The second-order valence-corrected chi connectivity index (χ2v) is 6.62. The van der Waals surface area contributed by atoms with Gasteiger partial charge >= 0.3 is 5.69 Å². The van der Waals surface area contributed by atoms with E-state index in [4.69, 9.17) is 0 Å². The van der Waals surface area contributed by atoms with E-state index in [0.717, 1.165) is 26.2 Å². The molecule has 0 aromatic carbocycles. The molecule has 6 nitrogen and oxygen atoms in total. The Hall–Kier alpha value is -1.11. The largest absolute Gasteiger partial charge is 0.330 e. The summed E-state index contributed by atoms with van der Waals surface area (Å²) < 4.78 is 2.69. The van der Waals surface area contributed by atoms with Crippen LogP contribution in [0.5, 0.6) is 0 Å². The molecule has 1 N–H and O–H groups in total. The van der Waals surface area contributed by atoms with Gasteiger partial charge in [0.1, 0.15) is 0 Å². The first-order valence-corrected chi connectivity index (χ1v) is 7.69. The van der Waals surface area contributed by atoms with Crippen LogP contribution >= 0.6 is 12.4 Å². The van der Waals surface area contributed by atoms with Crippen LogP contribution in [-0.4, -0.2) is 40.2 Å². The highest BCUT2D eigenvalue weighted by Crippen LogP contribution is 2.38. The molecule has 0 bridgehead atoms. The summed E-state index contributed by atoms with van der Waals surface area (Å²) in [6.45, 7) is 4.98. The number of hydrogen-bond acceptors (Lipinski definition) is 4. The van der Waals surface area contributed by atoms with Crippen molar-refractivity contribution in [1.29, 1.82) is 0 Å². The minimum absolute atomic E-state index is 0. The molecule has 0 saturated carbocycles. The molecule has 0 unspecified atom stereocenters. The second kappa shape index (κ2) is 6.56. The number of nitrogens with zero attached hydrogens (tertiary/aromatic N) is 3. The van der Waals surface area contributed by atoms with Crippen molar-refractivity contribution in [3.05, 3.63) is 32.6 Å². The van der Waals surface area contributed by atoms with Crippen LogP contribution < -0.4 is 16.6 Å². The zero-order valence-corrected chi connectivity index (χ0v) is 14.1. The minimum atomic E-state index is -0.264. The van der Waals surface area contributed by atoms with Gasteiger partial charge in [0.2, 0.25) is 0 Å². The average Bonchev–Trinajstić information content (AvgIpc) is 2.86. The topological polar surface area (TPSA) is 59.3 Å². The molecule has 0 radical (unpaired) electrons. The lowest BCUT2D eigenvalue weighted by Gasteiger charge is -2.33. The van der Waals surface area contributed by atoms with Crippen LogP contribution in [0, 0.1) is 5.41 Å². The summed E-state index contributed by atoms with van der Waals surface area (Å²) in [4.78, 5) is 26.3. The van der Waals surface area contributed by atoms with Gasteiger partial charge in [0.15, 0.2) is 0 Å². The summed E-state index contributed by atoms with van der Waals surface area (Å²) in [5.41, 5.74) is 0.729. The standard InChI is InChI=1S/C15H24N4O2.ClH/c1-17-9-12(13(20)18(2)14(17)21)10-19-8-5-15(11-19)3-6-16-7-4-15;/h9,16H,3-8,10-11H2,1-2H3;1H. The van der Waals surface area contributed by atoms with Crippen LogP contribution in [0.15, 0.2) is 15.8 Å². The first-order chi connectivity index (χ1) is 10.0. The van der Waals surface area contributed by atoms with Gasteiger partial charge in [0.05, 0.1) is 0 Å². The summed E-state index contributed by atoms with van der Waals surface area (Å²) in [7, 11) is 3.25. The summed E-state index contributed by atoms with van der Waals surface area (Å²) in [5.74, 6) is 0. The van der Waals surface area contributed by atoms with Gasteiger partial charge in [-0.3, -0.25) is 14.3 Å². The minimum Gasteiger partial charge on any atom is -0.317 e. The van der Waals surface area contributed by atoms with Gasteiger partial charge < -0.3 is 9.88 Å². The SMILES string of the molecule is Cl.Cn1cc(CN2CCC3(CCNCC3)C2)c(=O)n(C)c1=O. The van der Waals surface area contributed by atoms with Gasteiger partial charge in [-0.25, -0.2) is 4.79 Å². The highest BCUT2D eigenvalue weighted by molar-refractivity contribution is 5.85. The molecule has 0 atom stereocenters. The Morgan fingerprint density at radius 3 is 2.55 bits per heavy atom. The van der Waals surface area contributed by atoms with Gasteiger partial charge in [-0.1, -0.05) is 0 Å². The van der Waals surface area contributed by atoms with Crippen molar-refractivity contribution in [3.8, 4) is 0 Å². The first-order valence-electron chi connectivity index (χ1n) is 7.69. The maximum Gasteiger partial charge on any atom is 0.330 e. The molecule has 2 aliphatic heterocycles. The average molecular weight is 329 g/mol. The quantitative estimate of drug-likeness (QED) is 0.835. The van der Waals surface area contributed by atoms with Gasteiger partial charge in [0.25, 0.3) is 5.56 Å². The molecule has 7 heteroatoms. The molecular formula is C15H25ClN4O2. The van der Waals surface area contributed by atoms with E-state index in [-0.39, 0.29) is 23.7 Å². The molecule has 2 saturated heterocycles. The van der Waals surface area contributed by atoms with Crippen molar-refractivity contribution in [1.82, 2.24) is 19.4 Å². The normalized spacial score (nSPS) is 21.0. The maximum atomic E-state index is 12.2. The lowest BCUT2D eigenvalue weighted by Crippen LogP contribution is -2.41. The number of aryl methyl sites for hydroxylation is 1. The van der Waals surface area contributed by atoms with Crippen molar-refractivity contribution in [2.45, 2.75) is 25.8 Å². The van der Waals surface area contributed by atoms with Crippen LogP contribution in [0.1, 0.15) is 24.8 Å². The van der Waals surface area contributed by atoms with Crippen molar-refractivity contribution in [2.24, 2.45) is 19.5 Å². The van der Waals surface area contributed by atoms with E-state index >= 15 is 0 Å². The Labute approximate surface area is 136 Å². The molecule has 22 heavy (non-hydrogen) atoms. The Balaban J connectivity index is 0.00000176. The second-order valence-electron chi connectivity index (χ2n) is 6.62. The maximum absolute atomic E-state index is 12.2. The fraction of sp³-hybridized carbons (Fsp3) is 0.733. The Kier molecular flexibility index (Phi) is 5.14.